The molecule has 0 radical (unpaired) electrons. The SMILES string of the molecule is CC[C@@H](NC(=O)c1ccccc1I)c1ccccc1. The van der Waals surface area contributed by atoms with Crippen LogP contribution in [0.15, 0.2) is 54.6 Å². The van der Waals surface area contributed by atoms with Crippen LogP contribution in [0.3, 0.4) is 0 Å². The summed E-state index contributed by atoms with van der Waals surface area (Å²) in [4.78, 5) is 12.3. The van der Waals surface area contributed by atoms with Crippen LogP contribution in [-0.2, 0) is 0 Å². The Morgan fingerprint density at radius 1 is 1.11 bits per heavy atom. The monoisotopic (exact) mass is 365 g/mol. The normalized spacial score (nSPS) is 11.9. The predicted octanol–water partition coefficient (Wildman–Crippen LogP) is 4.17. The summed E-state index contributed by atoms with van der Waals surface area (Å²) in [5.41, 5.74) is 1.88. The number of hydrogen-bond acceptors (Lipinski definition) is 1. The van der Waals surface area contributed by atoms with Crippen molar-refractivity contribution in [1.82, 2.24) is 5.32 Å². The fourth-order valence-electron chi connectivity index (χ4n) is 1.99. The van der Waals surface area contributed by atoms with Crippen molar-refractivity contribution >= 4 is 28.5 Å². The molecule has 2 rings (SSSR count). The zero-order valence-corrected chi connectivity index (χ0v) is 12.9. The summed E-state index contributed by atoms with van der Waals surface area (Å²) in [6.07, 6.45) is 0.874. The lowest BCUT2D eigenvalue weighted by Gasteiger charge is -2.18. The first-order valence-electron chi connectivity index (χ1n) is 6.32. The molecule has 0 aliphatic heterocycles. The molecule has 98 valence electrons. The fraction of sp³-hybridized carbons (Fsp3) is 0.188. The van der Waals surface area contributed by atoms with E-state index in [2.05, 4.69) is 34.8 Å². The molecule has 1 atom stereocenters. The molecule has 1 amide bonds. The number of amides is 1. The average molecular weight is 365 g/mol. The van der Waals surface area contributed by atoms with E-state index < -0.39 is 0 Å². The van der Waals surface area contributed by atoms with Crippen molar-refractivity contribution in [2.45, 2.75) is 19.4 Å². The maximum Gasteiger partial charge on any atom is 0.252 e. The minimum absolute atomic E-state index is 0.0132. The van der Waals surface area contributed by atoms with E-state index in [-0.39, 0.29) is 11.9 Å². The highest BCUT2D eigenvalue weighted by atomic mass is 127. The van der Waals surface area contributed by atoms with Gasteiger partial charge in [-0.05, 0) is 46.7 Å². The summed E-state index contributed by atoms with van der Waals surface area (Å²) >= 11 is 2.19. The minimum atomic E-state index is -0.0132. The molecule has 1 N–H and O–H groups in total. The van der Waals surface area contributed by atoms with Crippen molar-refractivity contribution in [2.75, 3.05) is 0 Å². The molecule has 19 heavy (non-hydrogen) atoms. The van der Waals surface area contributed by atoms with Crippen LogP contribution in [0.2, 0.25) is 0 Å². The van der Waals surface area contributed by atoms with Gasteiger partial charge in [-0.1, -0.05) is 49.4 Å². The zero-order chi connectivity index (χ0) is 13.7. The van der Waals surface area contributed by atoms with E-state index in [1.807, 2.05) is 54.6 Å². The molecule has 0 bridgehead atoms. The quantitative estimate of drug-likeness (QED) is 0.810. The van der Waals surface area contributed by atoms with Gasteiger partial charge in [0.05, 0.1) is 11.6 Å². The first-order valence-corrected chi connectivity index (χ1v) is 7.40. The molecular weight excluding hydrogens is 349 g/mol. The molecule has 2 aromatic carbocycles. The van der Waals surface area contributed by atoms with E-state index >= 15 is 0 Å². The number of rotatable bonds is 4. The first kappa shape index (κ1) is 14.1. The van der Waals surface area contributed by atoms with Crippen molar-refractivity contribution in [3.8, 4) is 0 Å². The number of nitrogens with one attached hydrogen (secondary N) is 1. The van der Waals surface area contributed by atoms with E-state index in [0.717, 1.165) is 21.1 Å². The molecule has 0 fully saturated rings. The van der Waals surface area contributed by atoms with Crippen LogP contribution in [0.4, 0.5) is 0 Å². The topological polar surface area (TPSA) is 29.1 Å². The van der Waals surface area contributed by atoms with Crippen molar-refractivity contribution in [3.05, 3.63) is 69.3 Å². The Hall–Kier alpha value is -1.36. The minimum Gasteiger partial charge on any atom is -0.345 e. The Kier molecular flexibility index (Phi) is 4.96. The predicted molar refractivity (Wildman–Crippen MR) is 86.1 cm³/mol. The van der Waals surface area contributed by atoms with Gasteiger partial charge in [0.25, 0.3) is 5.91 Å². The van der Waals surface area contributed by atoms with E-state index in [0.29, 0.717) is 0 Å². The summed E-state index contributed by atoms with van der Waals surface area (Å²) in [7, 11) is 0. The zero-order valence-electron chi connectivity index (χ0n) is 10.8. The van der Waals surface area contributed by atoms with Crippen LogP contribution in [0, 0.1) is 3.57 Å². The highest BCUT2D eigenvalue weighted by Gasteiger charge is 2.15. The van der Waals surface area contributed by atoms with Gasteiger partial charge in [0.15, 0.2) is 0 Å². The largest absolute Gasteiger partial charge is 0.345 e. The van der Waals surface area contributed by atoms with E-state index in [9.17, 15) is 4.79 Å². The summed E-state index contributed by atoms with van der Waals surface area (Å²) in [6.45, 7) is 2.08. The third kappa shape index (κ3) is 3.56. The van der Waals surface area contributed by atoms with Crippen LogP contribution in [0.1, 0.15) is 35.3 Å². The maximum absolute atomic E-state index is 12.3. The molecule has 0 aliphatic rings. The second-order valence-electron chi connectivity index (χ2n) is 4.32. The highest BCUT2D eigenvalue weighted by molar-refractivity contribution is 14.1. The number of carbonyl (C=O) groups excluding carboxylic acids is 1. The first-order chi connectivity index (χ1) is 9.22. The number of carbonyl (C=O) groups is 1. The Morgan fingerprint density at radius 3 is 2.37 bits per heavy atom. The van der Waals surface area contributed by atoms with Gasteiger partial charge in [0.1, 0.15) is 0 Å². The second kappa shape index (κ2) is 6.70. The molecule has 0 aromatic heterocycles. The van der Waals surface area contributed by atoms with Crippen molar-refractivity contribution in [1.29, 1.82) is 0 Å². The lowest BCUT2D eigenvalue weighted by Crippen LogP contribution is -2.28. The highest BCUT2D eigenvalue weighted by Crippen LogP contribution is 2.18. The number of benzene rings is 2. The number of halogens is 1. The van der Waals surface area contributed by atoms with Crippen LogP contribution in [0.5, 0.6) is 0 Å². The molecule has 2 aromatic rings. The van der Waals surface area contributed by atoms with Gasteiger partial charge in [0.2, 0.25) is 0 Å². The molecule has 0 saturated heterocycles. The number of hydrogen-bond donors (Lipinski definition) is 1. The van der Waals surface area contributed by atoms with Crippen molar-refractivity contribution < 1.29 is 4.79 Å². The molecule has 0 spiro atoms. The van der Waals surface area contributed by atoms with Gasteiger partial charge >= 0.3 is 0 Å². The molecule has 2 nitrogen and oxygen atoms in total. The van der Waals surface area contributed by atoms with Crippen LogP contribution in [0.25, 0.3) is 0 Å². The van der Waals surface area contributed by atoms with Gasteiger partial charge in [-0.2, -0.15) is 0 Å². The molecule has 0 unspecified atom stereocenters. The molecule has 3 heteroatoms. The van der Waals surface area contributed by atoms with E-state index in [1.54, 1.807) is 0 Å². The van der Waals surface area contributed by atoms with Crippen LogP contribution in [-0.4, -0.2) is 5.91 Å². The van der Waals surface area contributed by atoms with E-state index in [1.165, 1.54) is 0 Å². The Morgan fingerprint density at radius 2 is 1.74 bits per heavy atom. The van der Waals surface area contributed by atoms with Gasteiger partial charge in [-0.25, -0.2) is 0 Å². The van der Waals surface area contributed by atoms with Crippen molar-refractivity contribution in [2.24, 2.45) is 0 Å². The van der Waals surface area contributed by atoms with Gasteiger partial charge in [0, 0.05) is 3.57 Å². The third-order valence-electron chi connectivity index (χ3n) is 3.03. The van der Waals surface area contributed by atoms with Crippen LogP contribution >= 0.6 is 22.6 Å². The maximum atomic E-state index is 12.3. The summed E-state index contributed by atoms with van der Waals surface area (Å²) < 4.78 is 0.973. The van der Waals surface area contributed by atoms with Gasteiger partial charge in [-0.15, -0.1) is 0 Å². The standard InChI is InChI=1S/C16H16INO/c1-2-15(12-8-4-3-5-9-12)18-16(19)13-10-6-7-11-14(13)17/h3-11,15H,2H2,1H3,(H,18,19)/t15-/m1/s1. The second-order valence-corrected chi connectivity index (χ2v) is 5.49. The Balaban J connectivity index is 2.16. The van der Waals surface area contributed by atoms with Gasteiger partial charge < -0.3 is 5.32 Å². The summed E-state index contributed by atoms with van der Waals surface area (Å²) in [5.74, 6) is -0.0132. The fourth-order valence-corrected chi connectivity index (χ4v) is 2.62. The molecule has 0 aliphatic carbocycles. The molecule has 0 heterocycles. The summed E-state index contributed by atoms with van der Waals surface area (Å²) in [6, 6.07) is 17.8. The Labute approximate surface area is 127 Å². The summed E-state index contributed by atoms with van der Waals surface area (Å²) in [5, 5.41) is 3.10. The van der Waals surface area contributed by atoms with Crippen LogP contribution < -0.4 is 5.32 Å². The average Bonchev–Trinajstić information content (AvgIpc) is 2.46. The third-order valence-corrected chi connectivity index (χ3v) is 3.97. The van der Waals surface area contributed by atoms with E-state index in [4.69, 9.17) is 0 Å². The molecule has 0 saturated carbocycles. The molecular formula is C16H16INO. The van der Waals surface area contributed by atoms with Gasteiger partial charge in [-0.3, -0.25) is 4.79 Å². The Bertz CT molecular complexity index is 554. The lowest BCUT2D eigenvalue weighted by molar-refractivity contribution is 0.0934. The lowest BCUT2D eigenvalue weighted by atomic mass is 10.0. The smallest absolute Gasteiger partial charge is 0.252 e. The van der Waals surface area contributed by atoms with Crippen molar-refractivity contribution in [3.63, 3.8) is 0 Å².